The molecule has 9 rings (SSSR count). The van der Waals surface area contributed by atoms with Gasteiger partial charge in [0.25, 0.3) is 0 Å². The summed E-state index contributed by atoms with van der Waals surface area (Å²) in [5, 5.41) is 0. The van der Waals surface area contributed by atoms with Crippen molar-refractivity contribution in [1.82, 2.24) is 0 Å². The molecular formula is C68H72O8. The number of fused-ring (bicyclic) bond motifs is 8. The molecule has 0 amide bonds. The molecule has 0 saturated carbocycles. The Morgan fingerprint density at radius 2 is 0.382 bits per heavy atom. The third kappa shape index (κ3) is 11.5. The second-order valence-corrected chi connectivity index (χ2v) is 19.7. The summed E-state index contributed by atoms with van der Waals surface area (Å²) in [4.78, 5) is 0. The van der Waals surface area contributed by atoms with Crippen LogP contribution >= 0.6 is 0 Å². The topological polar surface area (TPSA) is 73.8 Å². The molecule has 0 atom stereocenters. The van der Waals surface area contributed by atoms with Gasteiger partial charge in [0, 0.05) is 92.4 Å². The van der Waals surface area contributed by atoms with Crippen molar-refractivity contribution in [2.45, 2.75) is 75.0 Å². The van der Waals surface area contributed by atoms with Crippen molar-refractivity contribution < 1.29 is 37.9 Å². The first kappa shape index (κ1) is 53.0. The summed E-state index contributed by atoms with van der Waals surface area (Å²) in [5.41, 5.74) is 13.2. The third-order valence-electron chi connectivity index (χ3n) is 15.6. The Balaban J connectivity index is 1.42. The van der Waals surface area contributed by atoms with E-state index in [-0.39, 0.29) is 23.7 Å². The molecule has 8 bridgehead atoms. The van der Waals surface area contributed by atoms with Crippen molar-refractivity contribution in [3.8, 4) is 46.0 Å². The zero-order valence-corrected chi connectivity index (χ0v) is 45.4. The van der Waals surface area contributed by atoms with E-state index >= 15 is 0 Å². The minimum atomic E-state index is -0.221. The van der Waals surface area contributed by atoms with Crippen molar-refractivity contribution in [3.05, 3.63) is 237 Å². The van der Waals surface area contributed by atoms with Gasteiger partial charge in [-0.15, -0.1) is 0 Å². The van der Waals surface area contributed by atoms with Crippen LogP contribution in [-0.4, -0.2) is 56.9 Å². The van der Waals surface area contributed by atoms with Crippen molar-refractivity contribution in [1.29, 1.82) is 0 Å². The van der Waals surface area contributed by atoms with E-state index in [1.54, 1.807) is 56.9 Å². The SMILES string of the molecule is COc1cc(OC)c2cc1C(CCc1ccccc1)c1cc(c(OC)cc1OC)C(CCc1ccccc1)c1cc(c(OC)cc1OC)C(CCc1ccccc1)c1cc(c(OC)cc1OC)C2CCc1ccccc1. The fourth-order valence-electron chi connectivity index (χ4n) is 11.7. The van der Waals surface area contributed by atoms with Gasteiger partial charge in [0.2, 0.25) is 0 Å². The Morgan fingerprint density at radius 3 is 0.526 bits per heavy atom. The molecule has 0 aromatic heterocycles. The van der Waals surface area contributed by atoms with E-state index in [0.717, 1.165) is 142 Å². The molecule has 0 N–H and O–H groups in total. The molecule has 76 heavy (non-hydrogen) atoms. The van der Waals surface area contributed by atoms with Gasteiger partial charge in [-0.25, -0.2) is 0 Å². The number of methoxy groups -OCH3 is 8. The maximum absolute atomic E-state index is 6.48. The lowest BCUT2D eigenvalue weighted by atomic mass is 9.76. The standard InChI is InChI=1S/C68H72O8/c1-69-61-41-62(70-2)54-37-53(61)49(33-29-45-21-13-9-14-22-45)55-38-56(64(72-4)42-63(55)71-3)51(35-31-47-25-17-11-18-26-47)59-40-60(68(76-8)44-67(59)75-7)52(36-32-48-27-19-12-20-28-48)58-39-57(65(73-5)43-66(58)74-6)50(54)34-30-46-23-15-10-16-24-46/h9-28,37-44,49-52H,29-36H2,1-8H3. The first-order valence-electron chi connectivity index (χ1n) is 26.5. The summed E-state index contributed by atoms with van der Waals surface area (Å²) in [5.74, 6) is 4.94. The highest BCUT2D eigenvalue weighted by Gasteiger charge is 2.35. The molecule has 0 spiro atoms. The van der Waals surface area contributed by atoms with Crippen LogP contribution in [0.2, 0.25) is 0 Å². The Kier molecular flexibility index (Phi) is 17.5. The number of rotatable bonds is 20. The van der Waals surface area contributed by atoms with Crippen LogP contribution in [0, 0.1) is 0 Å². The molecule has 1 aliphatic rings. The van der Waals surface area contributed by atoms with E-state index in [1.165, 1.54) is 22.3 Å². The predicted octanol–water partition coefficient (Wildman–Crippen LogP) is 15.1. The van der Waals surface area contributed by atoms with E-state index in [4.69, 9.17) is 37.9 Å². The Bertz CT molecular complexity index is 2620. The van der Waals surface area contributed by atoms with Crippen LogP contribution in [0.1, 0.15) is 116 Å². The van der Waals surface area contributed by atoms with Crippen LogP contribution < -0.4 is 37.9 Å². The molecule has 0 fully saturated rings. The summed E-state index contributed by atoms with van der Waals surface area (Å²) in [6.45, 7) is 0. The van der Waals surface area contributed by atoms with Crippen LogP contribution in [0.5, 0.6) is 46.0 Å². The second-order valence-electron chi connectivity index (χ2n) is 19.7. The fourth-order valence-corrected chi connectivity index (χ4v) is 11.7. The highest BCUT2D eigenvalue weighted by atomic mass is 16.5. The largest absolute Gasteiger partial charge is 0.496 e. The van der Waals surface area contributed by atoms with Crippen molar-refractivity contribution >= 4 is 0 Å². The fraction of sp³-hybridized carbons (Fsp3) is 0.294. The number of benzene rings is 8. The molecule has 0 heterocycles. The number of aryl methyl sites for hydroxylation is 4. The molecular weight excluding hydrogens is 945 g/mol. The smallest absolute Gasteiger partial charge is 0.126 e. The lowest BCUT2D eigenvalue weighted by Crippen LogP contribution is -2.15. The average Bonchev–Trinajstić information content (AvgIpc) is 3.48. The lowest BCUT2D eigenvalue weighted by molar-refractivity contribution is 0.373. The van der Waals surface area contributed by atoms with Gasteiger partial charge in [0.1, 0.15) is 46.0 Å². The summed E-state index contributed by atoms with van der Waals surface area (Å²) in [6.07, 6.45) is 6.16. The molecule has 8 aromatic rings. The van der Waals surface area contributed by atoms with Crippen LogP contribution in [0.3, 0.4) is 0 Å². The molecule has 0 saturated heterocycles. The van der Waals surface area contributed by atoms with Crippen molar-refractivity contribution in [3.63, 3.8) is 0 Å². The van der Waals surface area contributed by atoms with E-state index in [0.29, 0.717) is 0 Å². The second kappa shape index (κ2) is 25.1. The zero-order valence-electron chi connectivity index (χ0n) is 45.4. The molecule has 0 radical (unpaired) electrons. The normalized spacial score (nSPS) is 15.8. The highest BCUT2D eigenvalue weighted by Crippen LogP contribution is 2.53. The average molecular weight is 1020 g/mol. The summed E-state index contributed by atoms with van der Waals surface area (Å²) < 4.78 is 51.9. The molecule has 8 aromatic carbocycles. The van der Waals surface area contributed by atoms with Crippen LogP contribution in [0.15, 0.2) is 170 Å². The summed E-state index contributed by atoms with van der Waals surface area (Å²) in [7, 11) is 14.0. The number of hydrogen-bond donors (Lipinski definition) is 0. The van der Waals surface area contributed by atoms with E-state index in [2.05, 4.69) is 170 Å². The maximum atomic E-state index is 6.48. The summed E-state index contributed by atoms with van der Waals surface area (Å²) in [6, 6.07) is 60.5. The molecule has 8 heteroatoms. The van der Waals surface area contributed by atoms with Crippen LogP contribution in [0.25, 0.3) is 0 Å². The van der Waals surface area contributed by atoms with Gasteiger partial charge in [-0.2, -0.15) is 0 Å². The van der Waals surface area contributed by atoms with Crippen LogP contribution in [0.4, 0.5) is 0 Å². The van der Waals surface area contributed by atoms with Gasteiger partial charge < -0.3 is 37.9 Å². The lowest BCUT2D eigenvalue weighted by Gasteiger charge is -2.31. The molecule has 8 nitrogen and oxygen atoms in total. The van der Waals surface area contributed by atoms with Gasteiger partial charge in [0.05, 0.1) is 56.9 Å². The molecule has 1 aliphatic carbocycles. The minimum absolute atomic E-state index is 0.221. The van der Waals surface area contributed by atoms with Crippen molar-refractivity contribution in [2.75, 3.05) is 56.9 Å². The molecule has 0 aliphatic heterocycles. The Labute approximate surface area is 450 Å². The molecule has 392 valence electrons. The Hall–Kier alpha value is -7.84. The number of hydrogen-bond acceptors (Lipinski definition) is 8. The van der Waals surface area contributed by atoms with Gasteiger partial charge >= 0.3 is 0 Å². The highest BCUT2D eigenvalue weighted by molar-refractivity contribution is 5.63. The zero-order chi connectivity index (χ0) is 53.0. The van der Waals surface area contributed by atoms with E-state index < -0.39 is 0 Å². The molecule has 0 unspecified atom stereocenters. The quantitative estimate of drug-likeness (QED) is 0.0748. The van der Waals surface area contributed by atoms with E-state index in [9.17, 15) is 0 Å². The van der Waals surface area contributed by atoms with E-state index in [1.807, 2.05) is 0 Å². The maximum Gasteiger partial charge on any atom is 0.126 e. The monoisotopic (exact) mass is 1020 g/mol. The predicted molar refractivity (Wildman–Crippen MR) is 305 cm³/mol. The first-order valence-corrected chi connectivity index (χ1v) is 26.5. The third-order valence-corrected chi connectivity index (χ3v) is 15.6. The van der Waals surface area contributed by atoms with Gasteiger partial charge in [0.15, 0.2) is 0 Å². The first-order chi connectivity index (χ1) is 37.3. The van der Waals surface area contributed by atoms with Gasteiger partial charge in [-0.05, 0) is 97.9 Å². The van der Waals surface area contributed by atoms with Crippen LogP contribution in [-0.2, 0) is 25.7 Å². The minimum Gasteiger partial charge on any atom is -0.496 e. The Morgan fingerprint density at radius 1 is 0.224 bits per heavy atom. The number of ether oxygens (including phenoxy) is 8. The van der Waals surface area contributed by atoms with Gasteiger partial charge in [-0.1, -0.05) is 121 Å². The van der Waals surface area contributed by atoms with Gasteiger partial charge in [-0.3, -0.25) is 0 Å². The van der Waals surface area contributed by atoms with Crippen molar-refractivity contribution in [2.24, 2.45) is 0 Å². The summed E-state index contributed by atoms with van der Waals surface area (Å²) >= 11 is 0.